The van der Waals surface area contributed by atoms with Crippen LogP contribution in [0.3, 0.4) is 0 Å². The predicted molar refractivity (Wildman–Crippen MR) is 73.6 cm³/mol. The summed E-state index contributed by atoms with van der Waals surface area (Å²) in [6.45, 7) is 0.188. The van der Waals surface area contributed by atoms with Crippen molar-refractivity contribution in [1.29, 1.82) is 0 Å². The SMILES string of the molecule is COC(=O)C1CC(=O)N(c2cccc(C(=O)O)c2Br)C1. The number of carbonyl (C=O) groups excluding carboxylic acids is 2. The monoisotopic (exact) mass is 341 g/mol. The van der Waals surface area contributed by atoms with Crippen LogP contribution in [0.15, 0.2) is 22.7 Å². The summed E-state index contributed by atoms with van der Waals surface area (Å²) in [4.78, 5) is 36.0. The average Bonchev–Trinajstić information content (AvgIpc) is 2.79. The van der Waals surface area contributed by atoms with Crippen LogP contribution in [0.25, 0.3) is 0 Å². The Morgan fingerprint density at radius 1 is 1.45 bits per heavy atom. The summed E-state index contributed by atoms with van der Waals surface area (Å²) in [5, 5.41) is 9.07. The Labute approximate surface area is 123 Å². The quantitative estimate of drug-likeness (QED) is 0.845. The first-order chi connectivity index (χ1) is 9.45. The van der Waals surface area contributed by atoms with Crippen molar-refractivity contribution in [1.82, 2.24) is 0 Å². The normalized spacial score (nSPS) is 18.2. The molecule has 1 aliphatic heterocycles. The molecule has 1 saturated heterocycles. The fourth-order valence-corrected chi connectivity index (χ4v) is 2.81. The Hall–Kier alpha value is -1.89. The lowest BCUT2D eigenvalue weighted by Crippen LogP contribution is -2.26. The zero-order valence-electron chi connectivity index (χ0n) is 10.6. The van der Waals surface area contributed by atoms with Crippen LogP contribution in [-0.4, -0.2) is 36.6 Å². The van der Waals surface area contributed by atoms with Gasteiger partial charge in [0.25, 0.3) is 0 Å². The Morgan fingerprint density at radius 3 is 2.75 bits per heavy atom. The number of carboxylic acids is 1. The van der Waals surface area contributed by atoms with E-state index in [1.54, 1.807) is 12.1 Å². The van der Waals surface area contributed by atoms with Crippen LogP contribution < -0.4 is 4.90 Å². The number of halogens is 1. The zero-order valence-corrected chi connectivity index (χ0v) is 12.2. The van der Waals surface area contributed by atoms with Gasteiger partial charge in [-0.2, -0.15) is 0 Å². The largest absolute Gasteiger partial charge is 0.478 e. The van der Waals surface area contributed by atoms with Crippen molar-refractivity contribution in [2.24, 2.45) is 5.92 Å². The molecule has 0 spiro atoms. The standard InChI is InChI=1S/C13H12BrNO5/c1-20-13(19)7-5-10(16)15(6-7)9-4-2-3-8(11(9)14)12(17)18/h2-4,7H,5-6H2,1H3,(H,17,18). The summed E-state index contributed by atoms with van der Waals surface area (Å²) >= 11 is 3.20. The third-order valence-corrected chi connectivity index (χ3v) is 3.99. The van der Waals surface area contributed by atoms with Gasteiger partial charge in [-0.3, -0.25) is 9.59 Å². The number of hydrogen-bond acceptors (Lipinski definition) is 4. The topological polar surface area (TPSA) is 83.9 Å². The Bertz CT molecular complexity index is 586. The molecule has 2 rings (SSSR count). The van der Waals surface area contributed by atoms with Gasteiger partial charge in [-0.25, -0.2) is 4.79 Å². The van der Waals surface area contributed by atoms with Crippen LogP contribution in [0.2, 0.25) is 0 Å². The number of benzene rings is 1. The van der Waals surface area contributed by atoms with Crippen LogP contribution in [0.5, 0.6) is 0 Å². The molecule has 1 aromatic carbocycles. The van der Waals surface area contributed by atoms with Crippen molar-refractivity contribution in [3.63, 3.8) is 0 Å². The Morgan fingerprint density at radius 2 is 2.15 bits per heavy atom. The molecule has 1 aliphatic rings. The second-order valence-electron chi connectivity index (χ2n) is 4.37. The van der Waals surface area contributed by atoms with E-state index >= 15 is 0 Å². The second kappa shape index (κ2) is 5.62. The third-order valence-electron chi connectivity index (χ3n) is 3.16. The first kappa shape index (κ1) is 14.5. The van der Waals surface area contributed by atoms with Crippen molar-refractivity contribution >= 4 is 39.5 Å². The number of methoxy groups -OCH3 is 1. The highest BCUT2D eigenvalue weighted by atomic mass is 79.9. The van der Waals surface area contributed by atoms with E-state index in [1.807, 2.05) is 0 Å². The fraction of sp³-hybridized carbons (Fsp3) is 0.308. The maximum absolute atomic E-state index is 12.0. The van der Waals surface area contributed by atoms with Gasteiger partial charge in [0, 0.05) is 13.0 Å². The summed E-state index contributed by atoms with van der Waals surface area (Å²) in [7, 11) is 1.27. The van der Waals surface area contributed by atoms with Crippen LogP contribution in [-0.2, 0) is 14.3 Å². The molecule has 1 N–H and O–H groups in total. The molecule has 0 saturated carbocycles. The molecule has 0 bridgehead atoms. The lowest BCUT2D eigenvalue weighted by Gasteiger charge is -2.19. The number of aromatic carboxylic acids is 1. The molecule has 1 fully saturated rings. The minimum absolute atomic E-state index is 0.0659. The minimum Gasteiger partial charge on any atom is -0.478 e. The summed E-state index contributed by atoms with van der Waals surface area (Å²) in [6.07, 6.45) is 0.0659. The molecule has 0 aromatic heterocycles. The van der Waals surface area contributed by atoms with Crippen LogP contribution in [0.1, 0.15) is 16.8 Å². The number of esters is 1. The molecule has 106 valence electrons. The van der Waals surface area contributed by atoms with E-state index in [2.05, 4.69) is 20.7 Å². The molecular weight excluding hydrogens is 330 g/mol. The number of carbonyl (C=O) groups is 3. The number of nitrogens with zero attached hydrogens (tertiary/aromatic N) is 1. The number of ether oxygens (including phenoxy) is 1. The van der Waals surface area contributed by atoms with E-state index in [0.717, 1.165) is 0 Å². The average molecular weight is 342 g/mol. The summed E-state index contributed by atoms with van der Waals surface area (Å²) < 4.78 is 4.96. The van der Waals surface area contributed by atoms with Crippen molar-refractivity contribution in [2.45, 2.75) is 6.42 Å². The molecule has 1 unspecified atom stereocenters. The zero-order chi connectivity index (χ0) is 14.9. The van der Waals surface area contributed by atoms with Gasteiger partial charge in [-0.05, 0) is 28.1 Å². The summed E-state index contributed by atoms with van der Waals surface area (Å²) in [6, 6.07) is 4.63. The fourth-order valence-electron chi connectivity index (χ4n) is 2.16. The first-order valence-corrected chi connectivity index (χ1v) is 6.65. The second-order valence-corrected chi connectivity index (χ2v) is 5.17. The van der Waals surface area contributed by atoms with Crippen LogP contribution in [0.4, 0.5) is 5.69 Å². The lowest BCUT2D eigenvalue weighted by atomic mass is 10.1. The number of hydrogen-bond donors (Lipinski definition) is 1. The molecule has 1 atom stereocenters. The molecule has 1 aromatic rings. The van der Waals surface area contributed by atoms with Crippen molar-refractivity contribution in [2.75, 3.05) is 18.6 Å². The van der Waals surface area contributed by atoms with Crippen molar-refractivity contribution in [3.8, 4) is 0 Å². The molecule has 7 heteroatoms. The van der Waals surface area contributed by atoms with E-state index < -0.39 is 17.9 Å². The molecule has 6 nitrogen and oxygen atoms in total. The highest BCUT2D eigenvalue weighted by Crippen LogP contribution is 2.34. The predicted octanol–water partition coefficient (Wildman–Crippen LogP) is 1.67. The van der Waals surface area contributed by atoms with E-state index in [1.165, 1.54) is 18.1 Å². The number of anilines is 1. The summed E-state index contributed by atoms with van der Waals surface area (Å²) in [5.41, 5.74) is 0.512. The number of rotatable bonds is 3. The van der Waals surface area contributed by atoms with E-state index in [-0.39, 0.29) is 24.4 Å². The van der Waals surface area contributed by atoms with Crippen LogP contribution in [0, 0.1) is 5.92 Å². The van der Waals surface area contributed by atoms with Gasteiger partial charge in [0.05, 0.1) is 28.8 Å². The van der Waals surface area contributed by atoms with Gasteiger partial charge < -0.3 is 14.7 Å². The van der Waals surface area contributed by atoms with Gasteiger partial charge in [0.1, 0.15) is 0 Å². The molecule has 20 heavy (non-hydrogen) atoms. The maximum Gasteiger partial charge on any atom is 0.336 e. The Balaban J connectivity index is 2.33. The van der Waals surface area contributed by atoms with Gasteiger partial charge >= 0.3 is 11.9 Å². The van der Waals surface area contributed by atoms with Crippen LogP contribution >= 0.6 is 15.9 Å². The first-order valence-electron chi connectivity index (χ1n) is 5.85. The molecule has 0 radical (unpaired) electrons. The highest BCUT2D eigenvalue weighted by molar-refractivity contribution is 9.10. The van der Waals surface area contributed by atoms with Gasteiger partial charge in [-0.15, -0.1) is 0 Å². The van der Waals surface area contributed by atoms with E-state index in [4.69, 9.17) is 5.11 Å². The highest BCUT2D eigenvalue weighted by Gasteiger charge is 2.36. The maximum atomic E-state index is 12.0. The minimum atomic E-state index is -1.09. The van der Waals surface area contributed by atoms with Crippen molar-refractivity contribution < 1.29 is 24.2 Å². The Kier molecular flexibility index (Phi) is 4.08. The van der Waals surface area contributed by atoms with Crippen molar-refractivity contribution in [3.05, 3.63) is 28.2 Å². The smallest absolute Gasteiger partial charge is 0.336 e. The molecular formula is C13H12BrNO5. The van der Waals surface area contributed by atoms with E-state index in [9.17, 15) is 14.4 Å². The molecule has 0 aliphatic carbocycles. The summed E-state index contributed by atoms with van der Waals surface area (Å²) in [5.74, 6) is -2.28. The number of carboxylic acid groups (broad SMARTS) is 1. The lowest BCUT2D eigenvalue weighted by molar-refractivity contribution is -0.145. The van der Waals surface area contributed by atoms with Gasteiger partial charge in [0.15, 0.2) is 0 Å². The number of amides is 1. The third kappa shape index (κ3) is 2.53. The molecule has 1 amide bonds. The van der Waals surface area contributed by atoms with Gasteiger partial charge in [0.2, 0.25) is 5.91 Å². The van der Waals surface area contributed by atoms with E-state index in [0.29, 0.717) is 10.2 Å². The molecule has 1 heterocycles. The van der Waals surface area contributed by atoms with Gasteiger partial charge in [-0.1, -0.05) is 6.07 Å².